The summed E-state index contributed by atoms with van der Waals surface area (Å²) in [4.78, 5) is 14.2. The summed E-state index contributed by atoms with van der Waals surface area (Å²) in [6.07, 6.45) is 0. The van der Waals surface area contributed by atoms with E-state index < -0.39 is 0 Å². The molecule has 0 spiro atoms. The standard InChI is InChI=1S/C25H22N2O2/c1-18-23-15-22(19(2)29-17-21-11-7-4-8-12-21)13-14-24(23)26-25(28)27(18)16-20-9-5-3-6-10-20/h3-15H,1-2,16-17H2,(H,26,28). The predicted molar refractivity (Wildman–Crippen MR) is 117 cm³/mol. The maximum atomic E-state index is 12.6. The summed E-state index contributed by atoms with van der Waals surface area (Å²) in [5.41, 5.74) is 5.24. The van der Waals surface area contributed by atoms with Gasteiger partial charge in [-0.15, -0.1) is 0 Å². The van der Waals surface area contributed by atoms with Crippen molar-refractivity contribution in [1.82, 2.24) is 4.90 Å². The maximum Gasteiger partial charge on any atom is 0.326 e. The molecule has 2 amide bonds. The van der Waals surface area contributed by atoms with E-state index in [1.807, 2.05) is 78.9 Å². The van der Waals surface area contributed by atoms with Crippen LogP contribution in [0, 0.1) is 0 Å². The fourth-order valence-electron chi connectivity index (χ4n) is 3.28. The molecule has 0 bridgehead atoms. The van der Waals surface area contributed by atoms with E-state index in [1.165, 1.54) is 0 Å². The van der Waals surface area contributed by atoms with Crippen molar-refractivity contribution in [1.29, 1.82) is 0 Å². The Labute approximate surface area is 170 Å². The molecule has 0 saturated carbocycles. The van der Waals surface area contributed by atoms with Crippen LogP contribution in [0.3, 0.4) is 0 Å². The van der Waals surface area contributed by atoms with Gasteiger partial charge in [0.15, 0.2) is 0 Å². The van der Waals surface area contributed by atoms with Gasteiger partial charge in [-0.3, -0.25) is 4.90 Å². The fraction of sp³-hybridized carbons (Fsp3) is 0.0800. The lowest BCUT2D eigenvalue weighted by Gasteiger charge is -2.31. The minimum absolute atomic E-state index is 0.182. The Balaban J connectivity index is 1.52. The van der Waals surface area contributed by atoms with Gasteiger partial charge < -0.3 is 10.1 Å². The third-order valence-electron chi connectivity index (χ3n) is 4.90. The van der Waals surface area contributed by atoms with E-state index in [2.05, 4.69) is 18.5 Å². The molecule has 3 aromatic carbocycles. The van der Waals surface area contributed by atoms with Gasteiger partial charge in [-0.05, 0) is 29.3 Å². The Bertz CT molecular complexity index is 1060. The lowest BCUT2D eigenvalue weighted by molar-refractivity contribution is 0.229. The molecule has 0 radical (unpaired) electrons. The maximum absolute atomic E-state index is 12.6. The molecule has 0 aliphatic carbocycles. The van der Waals surface area contributed by atoms with Crippen LogP contribution in [0.15, 0.2) is 92.0 Å². The summed E-state index contributed by atoms with van der Waals surface area (Å²) in [5.74, 6) is 0.580. The average molecular weight is 382 g/mol. The lowest BCUT2D eigenvalue weighted by Crippen LogP contribution is -2.36. The number of ether oxygens (including phenoxy) is 1. The van der Waals surface area contributed by atoms with Crippen LogP contribution < -0.4 is 5.32 Å². The van der Waals surface area contributed by atoms with Crippen LogP contribution in [0.5, 0.6) is 0 Å². The van der Waals surface area contributed by atoms with Crippen molar-refractivity contribution in [3.05, 3.63) is 114 Å². The predicted octanol–water partition coefficient (Wildman–Crippen LogP) is 5.89. The molecule has 0 atom stereocenters. The van der Waals surface area contributed by atoms with Crippen LogP contribution in [0.2, 0.25) is 0 Å². The molecule has 4 nitrogen and oxygen atoms in total. The van der Waals surface area contributed by atoms with Crippen LogP contribution in [-0.2, 0) is 17.9 Å². The van der Waals surface area contributed by atoms with Gasteiger partial charge in [0.1, 0.15) is 12.4 Å². The quantitative estimate of drug-likeness (QED) is 0.540. The van der Waals surface area contributed by atoms with Crippen molar-refractivity contribution in [3.8, 4) is 0 Å². The first-order chi connectivity index (χ1) is 14.1. The average Bonchev–Trinajstić information content (AvgIpc) is 2.76. The molecule has 4 rings (SSSR count). The first-order valence-corrected chi connectivity index (χ1v) is 9.43. The van der Waals surface area contributed by atoms with E-state index in [1.54, 1.807) is 4.90 Å². The molecule has 0 aromatic heterocycles. The molecule has 1 aliphatic rings. The zero-order valence-corrected chi connectivity index (χ0v) is 16.1. The molecule has 0 fully saturated rings. The number of rotatable bonds is 6. The van der Waals surface area contributed by atoms with Gasteiger partial charge in [0.05, 0.1) is 12.2 Å². The smallest absolute Gasteiger partial charge is 0.326 e. The Morgan fingerprint density at radius 2 is 1.59 bits per heavy atom. The molecular weight excluding hydrogens is 360 g/mol. The molecule has 0 unspecified atom stereocenters. The highest BCUT2D eigenvalue weighted by Gasteiger charge is 2.26. The first kappa shape index (κ1) is 18.6. The molecule has 0 saturated heterocycles. The monoisotopic (exact) mass is 382 g/mol. The molecule has 144 valence electrons. The van der Waals surface area contributed by atoms with Gasteiger partial charge in [-0.25, -0.2) is 4.79 Å². The second-order valence-electron chi connectivity index (χ2n) is 6.91. The topological polar surface area (TPSA) is 41.6 Å². The van der Waals surface area contributed by atoms with Gasteiger partial charge in [0, 0.05) is 16.8 Å². The normalized spacial score (nSPS) is 12.9. The largest absolute Gasteiger partial charge is 0.489 e. The second-order valence-corrected chi connectivity index (χ2v) is 6.91. The Hall–Kier alpha value is -3.79. The molecule has 4 heteroatoms. The fourth-order valence-corrected chi connectivity index (χ4v) is 3.28. The summed E-state index contributed by atoms with van der Waals surface area (Å²) in [6, 6.07) is 25.4. The molecule has 1 heterocycles. The first-order valence-electron chi connectivity index (χ1n) is 9.43. The van der Waals surface area contributed by atoms with Crippen LogP contribution in [0.4, 0.5) is 10.5 Å². The van der Waals surface area contributed by atoms with Crippen LogP contribution >= 0.6 is 0 Å². The van der Waals surface area contributed by atoms with Crippen LogP contribution in [-0.4, -0.2) is 10.9 Å². The van der Waals surface area contributed by atoms with Crippen molar-refractivity contribution >= 4 is 23.2 Å². The van der Waals surface area contributed by atoms with Gasteiger partial charge in [0.25, 0.3) is 0 Å². The summed E-state index contributed by atoms with van der Waals surface area (Å²) in [5, 5.41) is 2.94. The number of hydrogen-bond acceptors (Lipinski definition) is 2. The number of amides is 2. The third-order valence-corrected chi connectivity index (χ3v) is 4.90. The number of hydrogen-bond donors (Lipinski definition) is 1. The van der Waals surface area contributed by atoms with Crippen molar-refractivity contribution in [2.75, 3.05) is 5.32 Å². The van der Waals surface area contributed by atoms with E-state index in [0.29, 0.717) is 24.6 Å². The van der Waals surface area contributed by atoms with Gasteiger partial charge in [-0.2, -0.15) is 0 Å². The van der Waals surface area contributed by atoms with Crippen molar-refractivity contribution < 1.29 is 9.53 Å². The number of nitrogens with zero attached hydrogens (tertiary/aromatic N) is 1. The van der Waals surface area contributed by atoms with Crippen LogP contribution in [0.25, 0.3) is 11.5 Å². The number of urea groups is 1. The molecule has 1 aliphatic heterocycles. The van der Waals surface area contributed by atoms with Gasteiger partial charge >= 0.3 is 6.03 Å². The third kappa shape index (κ3) is 4.06. The van der Waals surface area contributed by atoms with E-state index in [-0.39, 0.29) is 6.03 Å². The van der Waals surface area contributed by atoms with E-state index in [9.17, 15) is 4.79 Å². The van der Waals surface area contributed by atoms with Crippen LogP contribution in [0.1, 0.15) is 22.3 Å². The number of nitrogens with one attached hydrogen (secondary N) is 1. The summed E-state index contributed by atoms with van der Waals surface area (Å²) < 4.78 is 5.86. The summed E-state index contributed by atoms with van der Waals surface area (Å²) in [7, 11) is 0. The molecular formula is C25H22N2O2. The Morgan fingerprint density at radius 1 is 0.931 bits per heavy atom. The summed E-state index contributed by atoms with van der Waals surface area (Å²) in [6.45, 7) is 9.15. The zero-order chi connectivity index (χ0) is 20.2. The minimum Gasteiger partial charge on any atom is -0.489 e. The number of benzene rings is 3. The summed E-state index contributed by atoms with van der Waals surface area (Å²) >= 11 is 0. The molecule has 1 N–H and O–H groups in total. The van der Waals surface area contributed by atoms with E-state index >= 15 is 0 Å². The number of carbonyl (C=O) groups is 1. The Kier molecular flexibility index (Phi) is 5.16. The van der Waals surface area contributed by atoms with Crippen molar-refractivity contribution in [3.63, 3.8) is 0 Å². The number of carbonyl (C=O) groups excluding carboxylic acids is 1. The highest BCUT2D eigenvalue weighted by atomic mass is 16.5. The highest BCUT2D eigenvalue weighted by molar-refractivity contribution is 6.02. The van der Waals surface area contributed by atoms with Gasteiger partial charge in [0.2, 0.25) is 0 Å². The molecule has 3 aromatic rings. The molecule has 29 heavy (non-hydrogen) atoms. The minimum atomic E-state index is -0.182. The second kappa shape index (κ2) is 8.07. The van der Waals surface area contributed by atoms with E-state index in [0.717, 1.165) is 27.9 Å². The zero-order valence-electron chi connectivity index (χ0n) is 16.1. The number of anilines is 1. The highest BCUT2D eigenvalue weighted by Crippen LogP contribution is 2.34. The van der Waals surface area contributed by atoms with Gasteiger partial charge in [-0.1, -0.05) is 73.8 Å². The van der Waals surface area contributed by atoms with E-state index in [4.69, 9.17) is 4.74 Å². The lowest BCUT2D eigenvalue weighted by atomic mass is 10.0. The van der Waals surface area contributed by atoms with Crippen molar-refractivity contribution in [2.24, 2.45) is 0 Å². The SMILES string of the molecule is C=C(OCc1ccccc1)c1ccc2c(c1)C(=C)N(Cc1ccccc1)C(=O)N2. The number of fused-ring (bicyclic) bond motifs is 1. The van der Waals surface area contributed by atoms with Crippen molar-refractivity contribution in [2.45, 2.75) is 13.2 Å². The Morgan fingerprint density at radius 3 is 2.28 bits per heavy atom.